The lowest BCUT2D eigenvalue weighted by atomic mass is 10.0. The lowest BCUT2D eigenvalue weighted by molar-refractivity contribution is 0.127. The maximum absolute atomic E-state index is 10.4. The van der Waals surface area contributed by atoms with E-state index in [-0.39, 0.29) is 6.10 Å². The molecule has 0 radical (unpaired) electrons. The minimum atomic E-state index is -0.380. The first-order valence-corrected chi connectivity index (χ1v) is 6.73. The Morgan fingerprint density at radius 2 is 1.72 bits per heavy atom. The summed E-state index contributed by atoms with van der Waals surface area (Å²) in [5, 5.41) is 12.8. The largest absolute Gasteiger partial charge is 0.387 e. The highest BCUT2D eigenvalue weighted by Gasteiger charge is 2.18. The SMILES string of the molecule is O[C@@H](CN1CCCC1)c1cccc2ccccc12. The fraction of sp³-hybridized carbons (Fsp3) is 0.375. The predicted molar refractivity (Wildman–Crippen MR) is 74.6 cm³/mol. The zero-order valence-electron chi connectivity index (χ0n) is 10.5. The van der Waals surface area contributed by atoms with Crippen molar-refractivity contribution in [2.24, 2.45) is 0 Å². The molecule has 0 aromatic heterocycles. The van der Waals surface area contributed by atoms with E-state index in [9.17, 15) is 5.11 Å². The molecule has 0 saturated carbocycles. The lowest BCUT2D eigenvalue weighted by Gasteiger charge is -2.20. The molecule has 0 aliphatic carbocycles. The van der Waals surface area contributed by atoms with Gasteiger partial charge >= 0.3 is 0 Å². The van der Waals surface area contributed by atoms with E-state index in [1.165, 1.54) is 23.6 Å². The summed E-state index contributed by atoms with van der Waals surface area (Å²) in [5.74, 6) is 0. The summed E-state index contributed by atoms with van der Waals surface area (Å²) in [6.45, 7) is 3.01. The fourth-order valence-corrected chi connectivity index (χ4v) is 2.85. The van der Waals surface area contributed by atoms with E-state index in [0.29, 0.717) is 0 Å². The van der Waals surface area contributed by atoms with Crippen LogP contribution in [-0.4, -0.2) is 29.6 Å². The smallest absolute Gasteiger partial charge is 0.0922 e. The number of nitrogens with zero attached hydrogens (tertiary/aromatic N) is 1. The van der Waals surface area contributed by atoms with Crippen LogP contribution < -0.4 is 0 Å². The molecule has 2 aromatic carbocycles. The van der Waals surface area contributed by atoms with Crippen LogP contribution in [-0.2, 0) is 0 Å². The number of rotatable bonds is 3. The second-order valence-corrected chi connectivity index (χ2v) is 5.09. The van der Waals surface area contributed by atoms with Gasteiger partial charge < -0.3 is 10.0 Å². The van der Waals surface area contributed by atoms with Gasteiger partial charge in [-0.05, 0) is 42.3 Å². The Morgan fingerprint density at radius 3 is 2.56 bits per heavy atom. The van der Waals surface area contributed by atoms with Crippen LogP contribution in [0.4, 0.5) is 0 Å². The minimum absolute atomic E-state index is 0.380. The molecule has 0 unspecified atom stereocenters. The molecular formula is C16H19NO. The Labute approximate surface area is 108 Å². The van der Waals surface area contributed by atoms with Gasteiger partial charge in [0.1, 0.15) is 0 Å². The zero-order valence-corrected chi connectivity index (χ0v) is 10.5. The molecule has 1 atom stereocenters. The molecule has 1 heterocycles. The minimum Gasteiger partial charge on any atom is -0.387 e. The molecule has 1 aliphatic rings. The molecule has 3 rings (SSSR count). The van der Waals surface area contributed by atoms with Crippen LogP contribution in [0.3, 0.4) is 0 Å². The molecule has 2 heteroatoms. The summed E-state index contributed by atoms with van der Waals surface area (Å²) in [7, 11) is 0. The van der Waals surface area contributed by atoms with Crippen LogP contribution in [0.5, 0.6) is 0 Å². The number of aliphatic hydroxyl groups excluding tert-OH is 1. The van der Waals surface area contributed by atoms with Crippen LogP contribution in [0.15, 0.2) is 42.5 Å². The topological polar surface area (TPSA) is 23.5 Å². The van der Waals surface area contributed by atoms with E-state index in [4.69, 9.17) is 0 Å². The summed E-state index contributed by atoms with van der Waals surface area (Å²) in [6, 6.07) is 14.4. The van der Waals surface area contributed by atoms with Gasteiger partial charge in [-0.1, -0.05) is 42.5 Å². The van der Waals surface area contributed by atoms with Gasteiger partial charge in [0.2, 0.25) is 0 Å². The van der Waals surface area contributed by atoms with Gasteiger partial charge in [-0.3, -0.25) is 0 Å². The number of likely N-dealkylation sites (tertiary alicyclic amines) is 1. The first-order valence-electron chi connectivity index (χ1n) is 6.73. The maximum atomic E-state index is 10.4. The number of benzene rings is 2. The monoisotopic (exact) mass is 241 g/mol. The van der Waals surface area contributed by atoms with Crippen molar-refractivity contribution in [1.82, 2.24) is 4.90 Å². The van der Waals surface area contributed by atoms with Crippen LogP contribution in [0, 0.1) is 0 Å². The third-order valence-corrected chi connectivity index (χ3v) is 3.81. The number of fused-ring (bicyclic) bond motifs is 1. The Balaban J connectivity index is 1.88. The normalized spacial score (nSPS) is 18.3. The molecule has 0 bridgehead atoms. The van der Waals surface area contributed by atoms with Gasteiger partial charge in [-0.2, -0.15) is 0 Å². The summed E-state index contributed by atoms with van der Waals surface area (Å²) < 4.78 is 0. The Morgan fingerprint density at radius 1 is 1.00 bits per heavy atom. The van der Waals surface area contributed by atoms with Crippen molar-refractivity contribution in [2.75, 3.05) is 19.6 Å². The van der Waals surface area contributed by atoms with Crippen LogP contribution >= 0.6 is 0 Å². The van der Waals surface area contributed by atoms with E-state index in [1.54, 1.807) is 0 Å². The summed E-state index contributed by atoms with van der Waals surface area (Å²) >= 11 is 0. The highest BCUT2D eigenvalue weighted by atomic mass is 16.3. The average molecular weight is 241 g/mol. The van der Waals surface area contributed by atoms with E-state index in [2.05, 4.69) is 23.1 Å². The molecule has 2 aromatic rings. The number of β-amino-alcohol motifs (C(OH)–C–C–N with tert-alkyl or cyclic N) is 1. The number of aliphatic hydroxyl groups is 1. The molecule has 1 saturated heterocycles. The van der Waals surface area contributed by atoms with Crippen LogP contribution in [0.25, 0.3) is 10.8 Å². The number of hydrogen-bond donors (Lipinski definition) is 1. The average Bonchev–Trinajstić information content (AvgIpc) is 2.91. The van der Waals surface area contributed by atoms with E-state index in [1.807, 2.05) is 24.3 Å². The summed E-state index contributed by atoms with van der Waals surface area (Å²) in [5.41, 5.74) is 1.06. The quantitative estimate of drug-likeness (QED) is 0.893. The Bertz CT molecular complexity index is 526. The fourth-order valence-electron chi connectivity index (χ4n) is 2.85. The van der Waals surface area contributed by atoms with Crippen LogP contribution in [0.1, 0.15) is 24.5 Å². The standard InChI is InChI=1S/C16H19NO/c18-16(12-17-10-3-4-11-17)15-9-5-7-13-6-1-2-8-14(13)15/h1-2,5-9,16,18H,3-4,10-12H2/t16-/m0/s1. The Kier molecular flexibility index (Phi) is 3.31. The van der Waals surface area contributed by atoms with E-state index < -0.39 is 0 Å². The summed E-state index contributed by atoms with van der Waals surface area (Å²) in [4.78, 5) is 2.35. The van der Waals surface area contributed by atoms with Gasteiger partial charge in [0.05, 0.1) is 6.10 Å². The molecule has 1 aliphatic heterocycles. The maximum Gasteiger partial charge on any atom is 0.0922 e. The van der Waals surface area contributed by atoms with Crippen molar-refractivity contribution < 1.29 is 5.11 Å². The molecular weight excluding hydrogens is 222 g/mol. The first-order chi connectivity index (χ1) is 8.84. The van der Waals surface area contributed by atoms with Crippen molar-refractivity contribution in [2.45, 2.75) is 18.9 Å². The van der Waals surface area contributed by atoms with Gasteiger partial charge in [0, 0.05) is 6.54 Å². The van der Waals surface area contributed by atoms with Crippen molar-refractivity contribution >= 4 is 10.8 Å². The summed E-state index contributed by atoms with van der Waals surface area (Å²) in [6.07, 6.45) is 2.15. The molecule has 94 valence electrons. The van der Waals surface area contributed by atoms with Gasteiger partial charge in [0.15, 0.2) is 0 Å². The molecule has 1 N–H and O–H groups in total. The van der Waals surface area contributed by atoms with E-state index in [0.717, 1.165) is 25.2 Å². The molecule has 0 spiro atoms. The van der Waals surface area contributed by atoms with E-state index >= 15 is 0 Å². The third kappa shape index (κ3) is 2.26. The van der Waals surface area contributed by atoms with Crippen LogP contribution in [0.2, 0.25) is 0 Å². The first kappa shape index (κ1) is 11.7. The highest BCUT2D eigenvalue weighted by Crippen LogP contribution is 2.25. The van der Waals surface area contributed by atoms with Gasteiger partial charge in [-0.15, -0.1) is 0 Å². The van der Waals surface area contributed by atoms with Gasteiger partial charge in [-0.25, -0.2) is 0 Å². The molecule has 0 amide bonds. The van der Waals surface area contributed by atoms with Crippen molar-refractivity contribution in [3.05, 3.63) is 48.0 Å². The third-order valence-electron chi connectivity index (χ3n) is 3.81. The second-order valence-electron chi connectivity index (χ2n) is 5.09. The van der Waals surface area contributed by atoms with Gasteiger partial charge in [0.25, 0.3) is 0 Å². The lowest BCUT2D eigenvalue weighted by Crippen LogP contribution is -2.25. The molecule has 1 fully saturated rings. The predicted octanol–water partition coefficient (Wildman–Crippen LogP) is 2.97. The van der Waals surface area contributed by atoms with Crippen molar-refractivity contribution in [3.63, 3.8) is 0 Å². The second kappa shape index (κ2) is 5.09. The Hall–Kier alpha value is -1.38. The highest BCUT2D eigenvalue weighted by molar-refractivity contribution is 5.85. The molecule has 2 nitrogen and oxygen atoms in total. The number of hydrogen-bond acceptors (Lipinski definition) is 2. The zero-order chi connectivity index (χ0) is 12.4. The molecule has 18 heavy (non-hydrogen) atoms. The van der Waals surface area contributed by atoms with Crippen molar-refractivity contribution in [3.8, 4) is 0 Å². The van der Waals surface area contributed by atoms with Crippen molar-refractivity contribution in [1.29, 1.82) is 0 Å².